The lowest BCUT2D eigenvalue weighted by Crippen LogP contribution is -2.04. The Kier molecular flexibility index (Phi) is 2.85. The van der Waals surface area contributed by atoms with Crippen molar-refractivity contribution in [2.75, 3.05) is 5.32 Å². The second-order valence-electron chi connectivity index (χ2n) is 3.58. The van der Waals surface area contributed by atoms with Crippen molar-refractivity contribution in [3.8, 4) is 0 Å². The molecule has 0 saturated carbocycles. The third-order valence-electron chi connectivity index (χ3n) is 2.40. The summed E-state index contributed by atoms with van der Waals surface area (Å²) < 4.78 is 18.0. The van der Waals surface area contributed by atoms with E-state index in [-0.39, 0.29) is 5.82 Å². The van der Waals surface area contributed by atoms with Crippen molar-refractivity contribution >= 4 is 5.69 Å². The number of para-hydroxylation sites is 1. The van der Waals surface area contributed by atoms with Crippen LogP contribution >= 0.6 is 0 Å². The number of hydrogen-bond donors (Lipinski definition) is 1. The number of benzene rings is 1. The van der Waals surface area contributed by atoms with E-state index in [2.05, 4.69) is 20.3 Å². The Morgan fingerprint density at radius 2 is 2.12 bits per heavy atom. The number of hydrogen-bond acceptors (Lipinski definition) is 4. The second-order valence-corrected chi connectivity index (χ2v) is 3.58. The smallest absolute Gasteiger partial charge is 0.146 e. The Bertz CT molecular complexity index is 475. The molecular weight excluding hydrogens is 209 g/mol. The van der Waals surface area contributed by atoms with E-state index in [1.807, 2.05) is 13.0 Å². The summed E-state index contributed by atoms with van der Waals surface area (Å²) in [4.78, 5) is 0. The summed E-state index contributed by atoms with van der Waals surface area (Å²) in [5.74, 6) is -0.269. The summed E-state index contributed by atoms with van der Waals surface area (Å²) in [5, 5.41) is 10.4. The number of aryl methyl sites for hydroxylation is 2. The molecule has 0 bridgehead atoms. The maximum atomic E-state index is 13.5. The fourth-order valence-corrected chi connectivity index (χ4v) is 1.44. The zero-order valence-corrected chi connectivity index (χ0v) is 9.12. The van der Waals surface area contributed by atoms with Gasteiger partial charge in [0.25, 0.3) is 0 Å². The Balaban J connectivity index is 2.14. The second kappa shape index (κ2) is 4.30. The molecule has 0 aliphatic rings. The molecule has 1 aromatic carbocycles. The molecule has 84 valence electrons. The molecular formula is C11H12FN3O. The molecule has 2 aromatic rings. The Hall–Kier alpha value is -1.91. The van der Waals surface area contributed by atoms with Crippen LogP contribution in [-0.4, -0.2) is 10.3 Å². The van der Waals surface area contributed by atoms with Crippen molar-refractivity contribution in [1.82, 2.24) is 10.3 Å². The highest BCUT2D eigenvalue weighted by atomic mass is 19.1. The number of nitrogens with zero attached hydrogens (tertiary/aromatic N) is 2. The van der Waals surface area contributed by atoms with Crippen LogP contribution in [0.15, 0.2) is 22.8 Å². The van der Waals surface area contributed by atoms with Gasteiger partial charge in [0.2, 0.25) is 0 Å². The van der Waals surface area contributed by atoms with E-state index in [1.54, 1.807) is 13.0 Å². The van der Waals surface area contributed by atoms with Crippen LogP contribution in [-0.2, 0) is 6.54 Å². The van der Waals surface area contributed by atoms with Gasteiger partial charge in [-0.2, -0.15) is 0 Å². The first kappa shape index (κ1) is 10.6. The van der Waals surface area contributed by atoms with Gasteiger partial charge in [0, 0.05) is 0 Å². The predicted octanol–water partition coefficient (Wildman–Crippen LogP) is 2.44. The van der Waals surface area contributed by atoms with Gasteiger partial charge in [0.15, 0.2) is 0 Å². The van der Waals surface area contributed by atoms with E-state index in [0.29, 0.717) is 23.6 Å². The number of nitrogens with one attached hydrogen (secondary N) is 1. The van der Waals surface area contributed by atoms with Crippen molar-refractivity contribution in [3.63, 3.8) is 0 Å². The molecule has 16 heavy (non-hydrogen) atoms. The van der Waals surface area contributed by atoms with Gasteiger partial charge in [-0.25, -0.2) is 9.02 Å². The topological polar surface area (TPSA) is 51.0 Å². The molecule has 0 radical (unpaired) electrons. The van der Waals surface area contributed by atoms with Crippen LogP contribution in [0, 0.1) is 19.7 Å². The van der Waals surface area contributed by atoms with Gasteiger partial charge < -0.3 is 5.32 Å². The van der Waals surface area contributed by atoms with E-state index in [1.165, 1.54) is 6.07 Å². The Labute approximate surface area is 92.4 Å². The molecule has 1 N–H and O–H groups in total. The summed E-state index contributed by atoms with van der Waals surface area (Å²) in [6.07, 6.45) is 0. The third-order valence-corrected chi connectivity index (χ3v) is 2.40. The van der Waals surface area contributed by atoms with E-state index in [4.69, 9.17) is 0 Å². The molecule has 0 spiro atoms. The first-order valence-electron chi connectivity index (χ1n) is 4.95. The highest BCUT2D eigenvalue weighted by Crippen LogP contribution is 2.19. The molecule has 0 aliphatic carbocycles. The van der Waals surface area contributed by atoms with Gasteiger partial charge in [0.05, 0.1) is 12.2 Å². The van der Waals surface area contributed by atoms with Crippen LogP contribution in [0.3, 0.4) is 0 Å². The van der Waals surface area contributed by atoms with E-state index in [0.717, 1.165) is 5.56 Å². The summed E-state index contributed by atoms with van der Waals surface area (Å²) in [5.41, 5.74) is 2.74. The number of anilines is 1. The molecule has 0 amide bonds. The van der Waals surface area contributed by atoms with Crippen LogP contribution in [0.1, 0.15) is 17.0 Å². The minimum absolute atomic E-state index is 0.269. The molecule has 4 nitrogen and oxygen atoms in total. The maximum Gasteiger partial charge on any atom is 0.146 e. The molecule has 0 aliphatic heterocycles. The lowest BCUT2D eigenvalue weighted by Gasteiger charge is -2.08. The molecule has 0 saturated heterocycles. The lowest BCUT2D eigenvalue weighted by atomic mass is 10.2. The molecule has 5 heteroatoms. The van der Waals surface area contributed by atoms with Crippen LogP contribution < -0.4 is 5.32 Å². The first-order chi connectivity index (χ1) is 7.68. The van der Waals surface area contributed by atoms with Gasteiger partial charge in [-0.15, -0.1) is 0 Å². The Morgan fingerprint density at radius 1 is 1.31 bits per heavy atom. The van der Waals surface area contributed by atoms with Crippen LogP contribution in [0.5, 0.6) is 0 Å². The fraction of sp³-hybridized carbons (Fsp3) is 0.273. The van der Waals surface area contributed by atoms with Crippen LogP contribution in [0.2, 0.25) is 0 Å². The maximum absolute atomic E-state index is 13.5. The summed E-state index contributed by atoms with van der Waals surface area (Å²) in [6.45, 7) is 4.04. The SMILES string of the molecule is Cc1cccc(F)c1NCc1nonc1C. The monoisotopic (exact) mass is 221 g/mol. The van der Waals surface area contributed by atoms with E-state index >= 15 is 0 Å². The largest absolute Gasteiger partial charge is 0.377 e. The number of aromatic nitrogens is 2. The highest BCUT2D eigenvalue weighted by Gasteiger charge is 2.08. The average Bonchev–Trinajstić information content (AvgIpc) is 2.64. The lowest BCUT2D eigenvalue weighted by molar-refractivity contribution is 0.301. The van der Waals surface area contributed by atoms with Gasteiger partial charge >= 0.3 is 0 Å². The van der Waals surface area contributed by atoms with Crippen molar-refractivity contribution in [2.45, 2.75) is 20.4 Å². The average molecular weight is 221 g/mol. The third kappa shape index (κ3) is 2.03. The number of halogens is 1. The summed E-state index contributed by atoms with van der Waals surface area (Å²) >= 11 is 0. The standard InChI is InChI=1S/C11H12FN3O/c1-7-4-3-5-9(12)11(7)13-6-10-8(2)14-16-15-10/h3-5,13H,6H2,1-2H3. The van der Waals surface area contributed by atoms with Gasteiger partial charge in [-0.05, 0) is 25.5 Å². The normalized spacial score (nSPS) is 10.4. The molecule has 0 unspecified atom stereocenters. The van der Waals surface area contributed by atoms with Crippen molar-refractivity contribution < 1.29 is 9.02 Å². The van der Waals surface area contributed by atoms with Crippen molar-refractivity contribution in [2.24, 2.45) is 0 Å². The van der Waals surface area contributed by atoms with Crippen molar-refractivity contribution in [3.05, 3.63) is 41.0 Å². The van der Waals surface area contributed by atoms with E-state index in [9.17, 15) is 4.39 Å². The van der Waals surface area contributed by atoms with E-state index < -0.39 is 0 Å². The fourth-order valence-electron chi connectivity index (χ4n) is 1.44. The first-order valence-corrected chi connectivity index (χ1v) is 4.95. The zero-order chi connectivity index (χ0) is 11.5. The molecule has 0 atom stereocenters. The van der Waals surface area contributed by atoms with Gasteiger partial charge in [-0.3, -0.25) is 0 Å². The predicted molar refractivity (Wildman–Crippen MR) is 57.5 cm³/mol. The number of rotatable bonds is 3. The molecule has 1 aromatic heterocycles. The quantitative estimate of drug-likeness (QED) is 0.864. The van der Waals surface area contributed by atoms with Gasteiger partial charge in [-0.1, -0.05) is 22.4 Å². The molecule has 0 fully saturated rings. The summed E-state index contributed by atoms with van der Waals surface area (Å²) in [7, 11) is 0. The molecule has 1 heterocycles. The minimum Gasteiger partial charge on any atom is -0.377 e. The van der Waals surface area contributed by atoms with Crippen molar-refractivity contribution in [1.29, 1.82) is 0 Å². The molecule has 2 rings (SSSR count). The summed E-state index contributed by atoms with van der Waals surface area (Å²) in [6, 6.07) is 4.95. The highest BCUT2D eigenvalue weighted by molar-refractivity contribution is 5.51. The van der Waals surface area contributed by atoms with Crippen LogP contribution in [0.4, 0.5) is 10.1 Å². The minimum atomic E-state index is -0.269. The zero-order valence-electron chi connectivity index (χ0n) is 9.12. The Morgan fingerprint density at radius 3 is 2.75 bits per heavy atom. The van der Waals surface area contributed by atoms with Crippen LogP contribution in [0.25, 0.3) is 0 Å². The van der Waals surface area contributed by atoms with Gasteiger partial charge in [0.1, 0.15) is 17.2 Å².